The minimum atomic E-state index is 0.528. The SMILES string of the molecule is c1ccc2oc(-c3csc(C4CCN(Cc5nc6ccccc6[nH]5)CC4)n3)cc2c1. The Bertz CT molecular complexity index is 1240. The van der Waals surface area contributed by atoms with Gasteiger partial charge in [-0.1, -0.05) is 30.3 Å². The van der Waals surface area contributed by atoms with Crippen LogP contribution >= 0.6 is 11.3 Å². The van der Waals surface area contributed by atoms with E-state index in [0.29, 0.717) is 5.92 Å². The number of nitrogens with zero attached hydrogens (tertiary/aromatic N) is 3. The number of hydrogen-bond acceptors (Lipinski definition) is 5. The Labute approximate surface area is 178 Å². The summed E-state index contributed by atoms with van der Waals surface area (Å²) in [6.07, 6.45) is 2.26. The average molecular weight is 415 g/mol. The second kappa shape index (κ2) is 7.38. The number of H-pyrrole nitrogens is 1. The fourth-order valence-corrected chi connectivity index (χ4v) is 5.31. The quantitative estimate of drug-likeness (QED) is 0.403. The predicted octanol–water partition coefficient (Wildman–Crippen LogP) is 5.81. The highest BCUT2D eigenvalue weighted by atomic mass is 32.1. The molecule has 0 unspecified atom stereocenters. The summed E-state index contributed by atoms with van der Waals surface area (Å²) in [6.45, 7) is 3.02. The molecule has 0 bridgehead atoms. The van der Waals surface area contributed by atoms with Crippen molar-refractivity contribution in [3.63, 3.8) is 0 Å². The molecule has 6 rings (SSSR count). The number of benzene rings is 2. The molecule has 1 saturated heterocycles. The lowest BCUT2D eigenvalue weighted by Gasteiger charge is -2.30. The summed E-state index contributed by atoms with van der Waals surface area (Å²) in [5.74, 6) is 2.44. The number of nitrogens with one attached hydrogen (secondary N) is 1. The van der Waals surface area contributed by atoms with Gasteiger partial charge in [0, 0.05) is 16.7 Å². The first-order valence-electron chi connectivity index (χ1n) is 10.4. The van der Waals surface area contributed by atoms with E-state index in [0.717, 1.165) is 71.8 Å². The van der Waals surface area contributed by atoms with E-state index in [1.165, 1.54) is 5.01 Å². The predicted molar refractivity (Wildman–Crippen MR) is 121 cm³/mol. The molecular formula is C24H22N4OS. The van der Waals surface area contributed by atoms with Gasteiger partial charge < -0.3 is 9.40 Å². The van der Waals surface area contributed by atoms with Crippen molar-refractivity contribution in [1.82, 2.24) is 19.9 Å². The van der Waals surface area contributed by atoms with Crippen molar-refractivity contribution in [1.29, 1.82) is 0 Å². The third-order valence-electron chi connectivity index (χ3n) is 5.95. The van der Waals surface area contributed by atoms with E-state index in [-0.39, 0.29) is 0 Å². The van der Waals surface area contributed by atoms with Crippen molar-refractivity contribution < 1.29 is 4.42 Å². The number of furan rings is 1. The van der Waals surface area contributed by atoms with Gasteiger partial charge in [-0.2, -0.15) is 0 Å². The Morgan fingerprint density at radius 1 is 1.03 bits per heavy atom. The van der Waals surface area contributed by atoms with Crippen molar-refractivity contribution in [3.05, 3.63) is 70.8 Å². The van der Waals surface area contributed by atoms with Gasteiger partial charge in [0.1, 0.15) is 17.1 Å². The Kier molecular flexibility index (Phi) is 4.39. The normalized spacial score (nSPS) is 16.0. The molecule has 0 saturated carbocycles. The fraction of sp³-hybridized carbons (Fsp3) is 0.250. The number of likely N-dealkylation sites (tertiary alicyclic amines) is 1. The highest BCUT2D eigenvalue weighted by Gasteiger charge is 2.24. The van der Waals surface area contributed by atoms with E-state index < -0.39 is 0 Å². The molecule has 1 aliphatic rings. The number of thiazole rings is 1. The first kappa shape index (κ1) is 17.9. The van der Waals surface area contributed by atoms with E-state index in [1.807, 2.05) is 30.3 Å². The van der Waals surface area contributed by atoms with Crippen LogP contribution in [0, 0.1) is 0 Å². The summed E-state index contributed by atoms with van der Waals surface area (Å²) < 4.78 is 5.99. The van der Waals surface area contributed by atoms with Crippen LogP contribution in [0.25, 0.3) is 33.5 Å². The second-order valence-electron chi connectivity index (χ2n) is 7.97. The summed E-state index contributed by atoms with van der Waals surface area (Å²) in [5.41, 5.74) is 4.03. The third-order valence-corrected chi connectivity index (χ3v) is 6.96. The molecule has 150 valence electrons. The summed E-state index contributed by atoms with van der Waals surface area (Å²) in [6, 6.07) is 18.4. The second-order valence-corrected chi connectivity index (χ2v) is 8.86. The average Bonchev–Trinajstić information content (AvgIpc) is 3.51. The number of piperidine rings is 1. The van der Waals surface area contributed by atoms with Gasteiger partial charge in [-0.25, -0.2) is 9.97 Å². The van der Waals surface area contributed by atoms with Crippen molar-refractivity contribution in [2.75, 3.05) is 13.1 Å². The monoisotopic (exact) mass is 414 g/mol. The minimum Gasteiger partial charge on any atom is -0.454 e. The highest BCUT2D eigenvalue weighted by molar-refractivity contribution is 7.10. The number of para-hydroxylation sites is 3. The van der Waals surface area contributed by atoms with E-state index in [2.05, 4.69) is 39.5 Å². The van der Waals surface area contributed by atoms with E-state index in [9.17, 15) is 0 Å². The molecule has 6 heteroatoms. The van der Waals surface area contributed by atoms with Crippen LogP contribution in [-0.2, 0) is 6.54 Å². The van der Waals surface area contributed by atoms with E-state index in [1.54, 1.807) is 11.3 Å². The molecule has 4 heterocycles. The van der Waals surface area contributed by atoms with Gasteiger partial charge in [0.05, 0.1) is 22.6 Å². The maximum absolute atomic E-state index is 5.99. The lowest BCUT2D eigenvalue weighted by Crippen LogP contribution is -2.32. The molecule has 2 aromatic carbocycles. The van der Waals surface area contributed by atoms with Gasteiger partial charge in [0.15, 0.2) is 5.76 Å². The number of imidazole rings is 1. The zero-order chi connectivity index (χ0) is 19.9. The molecule has 1 N–H and O–H groups in total. The molecular weight excluding hydrogens is 392 g/mol. The van der Waals surface area contributed by atoms with E-state index >= 15 is 0 Å². The van der Waals surface area contributed by atoms with Crippen LogP contribution in [0.1, 0.15) is 29.6 Å². The molecule has 0 spiro atoms. The molecule has 0 amide bonds. The lowest BCUT2D eigenvalue weighted by molar-refractivity contribution is 0.201. The van der Waals surface area contributed by atoms with Crippen molar-refractivity contribution in [2.45, 2.75) is 25.3 Å². The molecule has 1 aliphatic heterocycles. The van der Waals surface area contributed by atoms with Crippen LogP contribution < -0.4 is 0 Å². The smallest absolute Gasteiger partial charge is 0.154 e. The van der Waals surface area contributed by atoms with Crippen LogP contribution in [-0.4, -0.2) is 32.9 Å². The first-order chi connectivity index (χ1) is 14.8. The molecule has 5 nitrogen and oxygen atoms in total. The number of rotatable bonds is 4. The number of fused-ring (bicyclic) bond motifs is 2. The van der Waals surface area contributed by atoms with Gasteiger partial charge in [-0.3, -0.25) is 4.90 Å². The largest absolute Gasteiger partial charge is 0.454 e. The zero-order valence-corrected chi connectivity index (χ0v) is 17.4. The Morgan fingerprint density at radius 2 is 1.87 bits per heavy atom. The zero-order valence-electron chi connectivity index (χ0n) is 16.5. The molecule has 3 aromatic heterocycles. The summed E-state index contributed by atoms with van der Waals surface area (Å²) >= 11 is 1.76. The number of aromatic amines is 1. The molecule has 1 fully saturated rings. The van der Waals surface area contributed by atoms with Crippen molar-refractivity contribution >= 4 is 33.3 Å². The summed E-state index contributed by atoms with van der Waals surface area (Å²) in [7, 11) is 0. The summed E-state index contributed by atoms with van der Waals surface area (Å²) in [4.78, 5) is 15.6. The number of hydrogen-bond donors (Lipinski definition) is 1. The van der Waals surface area contributed by atoms with Crippen molar-refractivity contribution in [3.8, 4) is 11.5 Å². The number of aromatic nitrogens is 3. The Hall–Kier alpha value is -2.96. The van der Waals surface area contributed by atoms with Crippen LogP contribution in [0.4, 0.5) is 0 Å². The molecule has 0 atom stereocenters. The third kappa shape index (κ3) is 3.32. The molecule has 0 aliphatic carbocycles. The Morgan fingerprint density at radius 3 is 2.73 bits per heavy atom. The maximum Gasteiger partial charge on any atom is 0.154 e. The summed E-state index contributed by atoms with van der Waals surface area (Å²) in [5, 5.41) is 4.49. The van der Waals surface area contributed by atoms with Gasteiger partial charge in [-0.05, 0) is 50.2 Å². The van der Waals surface area contributed by atoms with Crippen LogP contribution in [0.3, 0.4) is 0 Å². The van der Waals surface area contributed by atoms with Gasteiger partial charge in [-0.15, -0.1) is 11.3 Å². The fourth-order valence-electron chi connectivity index (χ4n) is 4.33. The van der Waals surface area contributed by atoms with Crippen molar-refractivity contribution in [2.24, 2.45) is 0 Å². The van der Waals surface area contributed by atoms with Crippen LogP contribution in [0.2, 0.25) is 0 Å². The van der Waals surface area contributed by atoms with E-state index in [4.69, 9.17) is 14.4 Å². The molecule has 30 heavy (non-hydrogen) atoms. The van der Waals surface area contributed by atoms with Crippen LogP contribution in [0.15, 0.2) is 64.4 Å². The van der Waals surface area contributed by atoms with Crippen LogP contribution in [0.5, 0.6) is 0 Å². The van der Waals surface area contributed by atoms with Gasteiger partial charge in [0.2, 0.25) is 0 Å². The highest BCUT2D eigenvalue weighted by Crippen LogP contribution is 2.34. The minimum absolute atomic E-state index is 0.528. The standard InChI is InChI=1S/C24H22N4OS/c1-4-8-21-17(5-1)13-22(29-21)20-15-30-24(27-20)16-9-11-28(12-10-16)14-23-25-18-6-2-3-7-19(18)26-23/h1-8,13,15-16H,9-12,14H2,(H,25,26). The lowest BCUT2D eigenvalue weighted by atomic mass is 9.97. The Balaban J connectivity index is 1.12. The topological polar surface area (TPSA) is 58.0 Å². The molecule has 5 aromatic rings. The maximum atomic E-state index is 5.99. The van der Waals surface area contributed by atoms with Gasteiger partial charge >= 0.3 is 0 Å². The molecule has 0 radical (unpaired) electrons. The first-order valence-corrected chi connectivity index (χ1v) is 11.3. The van der Waals surface area contributed by atoms with Gasteiger partial charge in [0.25, 0.3) is 0 Å².